The number of hydrogen-bond acceptors (Lipinski definition) is 4. The van der Waals surface area contributed by atoms with Crippen molar-refractivity contribution in [3.63, 3.8) is 0 Å². The summed E-state index contributed by atoms with van der Waals surface area (Å²) < 4.78 is 5.05. The van der Waals surface area contributed by atoms with E-state index in [1.165, 1.54) is 0 Å². The number of nitrogens with zero attached hydrogens (tertiary/aromatic N) is 2. The van der Waals surface area contributed by atoms with E-state index in [9.17, 15) is 0 Å². The number of methoxy groups -OCH3 is 1. The van der Waals surface area contributed by atoms with E-state index >= 15 is 0 Å². The van der Waals surface area contributed by atoms with Gasteiger partial charge in [-0.15, -0.1) is 0 Å². The fraction of sp³-hybridized carbons (Fsp3) is 1.00. The summed E-state index contributed by atoms with van der Waals surface area (Å²) in [7, 11) is 3.95. The Balaban J connectivity index is 2.27. The van der Waals surface area contributed by atoms with Crippen molar-refractivity contribution < 1.29 is 4.74 Å². The fourth-order valence-corrected chi connectivity index (χ4v) is 2.41. The van der Waals surface area contributed by atoms with Crippen LogP contribution in [0.3, 0.4) is 0 Å². The SMILES string of the molecule is COCCCC(N)CN1CCN(C)C(C)(C)C1. The van der Waals surface area contributed by atoms with E-state index in [2.05, 4.69) is 30.7 Å². The molecule has 4 nitrogen and oxygen atoms in total. The van der Waals surface area contributed by atoms with Crippen LogP contribution in [0.25, 0.3) is 0 Å². The minimum atomic E-state index is 0.268. The van der Waals surface area contributed by atoms with E-state index in [1.807, 2.05) is 0 Å². The third kappa shape index (κ3) is 4.92. The van der Waals surface area contributed by atoms with E-state index in [1.54, 1.807) is 7.11 Å². The first-order chi connectivity index (χ1) is 7.95. The number of nitrogens with two attached hydrogens (primary N) is 1. The summed E-state index contributed by atoms with van der Waals surface area (Å²) >= 11 is 0. The molecule has 0 spiro atoms. The molecular formula is C13H29N3O. The van der Waals surface area contributed by atoms with Crippen LogP contribution >= 0.6 is 0 Å². The molecule has 1 heterocycles. The zero-order valence-electron chi connectivity index (χ0n) is 11.9. The van der Waals surface area contributed by atoms with Gasteiger partial charge in [-0.3, -0.25) is 9.80 Å². The van der Waals surface area contributed by atoms with Crippen molar-refractivity contribution >= 4 is 0 Å². The van der Waals surface area contributed by atoms with Gasteiger partial charge in [-0.05, 0) is 33.7 Å². The van der Waals surface area contributed by atoms with Crippen molar-refractivity contribution in [2.45, 2.75) is 38.3 Å². The van der Waals surface area contributed by atoms with Gasteiger partial charge in [-0.1, -0.05) is 0 Å². The van der Waals surface area contributed by atoms with Crippen molar-refractivity contribution in [1.29, 1.82) is 0 Å². The van der Waals surface area contributed by atoms with Crippen LogP contribution < -0.4 is 5.73 Å². The zero-order chi connectivity index (χ0) is 12.9. The second-order valence-electron chi connectivity index (χ2n) is 5.86. The van der Waals surface area contributed by atoms with E-state index in [4.69, 9.17) is 10.5 Å². The van der Waals surface area contributed by atoms with Crippen LogP contribution in [0.1, 0.15) is 26.7 Å². The van der Waals surface area contributed by atoms with Gasteiger partial charge in [0.25, 0.3) is 0 Å². The standard InChI is InChI=1S/C13H29N3O/c1-13(2)11-16(8-7-15(13)3)10-12(14)6-5-9-17-4/h12H,5-11,14H2,1-4H3. The van der Waals surface area contributed by atoms with Gasteiger partial charge in [0, 0.05) is 51.5 Å². The molecule has 1 aliphatic heterocycles. The molecule has 1 atom stereocenters. The highest BCUT2D eigenvalue weighted by Crippen LogP contribution is 2.18. The molecule has 1 unspecified atom stereocenters. The second kappa shape index (κ2) is 6.69. The second-order valence-corrected chi connectivity index (χ2v) is 5.86. The van der Waals surface area contributed by atoms with Crippen LogP contribution in [-0.2, 0) is 4.74 Å². The first-order valence-electron chi connectivity index (χ1n) is 6.64. The Bertz CT molecular complexity index is 221. The monoisotopic (exact) mass is 243 g/mol. The molecule has 0 aromatic carbocycles. The van der Waals surface area contributed by atoms with Gasteiger partial charge in [0.2, 0.25) is 0 Å². The predicted octanol–water partition coefficient (Wildman–Crippen LogP) is 0.766. The molecule has 4 heteroatoms. The lowest BCUT2D eigenvalue weighted by molar-refractivity contribution is 0.0364. The summed E-state index contributed by atoms with van der Waals surface area (Å²) in [6.45, 7) is 9.82. The Morgan fingerprint density at radius 2 is 2.06 bits per heavy atom. The van der Waals surface area contributed by atoms with Crippen molar-refractivity contribution in [3.05, 3.63) is 0 Å². The minimum Gasteiger partial charge on any atom is -0.385 e. The first-order valence-corrected chi connectivity index (χ1v) is 6.64. The highest BCUT2D eigenvalue weighted by Gasteiger charge is 2.31. The van der Waals surface area contributed by atoms with Crippen molar-refractivity contribution in [3.8, 4) is 0 Å². The maximum atomic E-state index is 6.16. The van der Waals surface area contributed by atoms with E-state index < -0.39 is 0 Å². The van der Waals surface area contributed by atoms with Gasteiger partial charge in [0.05, 0.1) is 0 Å². The molecule has 0 radical (unpaired) electrons. The number of likely N-dealkylation sites (N-methyl/N-ethyl adjacent to an activating group) is 1. The minimum absolute atomic E-state index is 0.268. The zero-order valence-corrected chi connectivity index (χ0v) is 11.9. The molecule has 1 fully saturated rings. The molecule has 0 amide bonds. The number of ether oxygens (including phenoxy) is 1. The molecule has 0 aromatic heterocycles. The molecule has 0 saturated carbocycles. The molecule has 0 aromatic rings. The van der Waals surface area contributed by atoms with Crippen LogP contribution in [0.15, 0.2) is 0 Å². The van der Waals surface area contributed by atoms with Gasteiger partial charge in [-0.2, -0.15) is 0 Å². The normalized spacial score (nSPS) is 23.8. The van der Waals surface area contributed by atoms with Crippen LogP contribution in [0.2, 0.25) is 0 Å². The van der Waals surface area contributed by atoms with E-state index in [-0.39, 0.29) is 11.6 Å². The summed E-state index contributed by atoms with van der Waals surface area (Å²) in [5.74, 6) is 0. The van der Waals surface area contributed by atoms with Gasteiger partial charge in [-0.25, -0.2) is 0 Å². The third-order valence-electron chi connectivity index (χ3n) is 3.81. The van der Waals surface area contributed by atoms with Gasteiger partial charge in [0.15, 0.2) is 0 Å². The highest BCUT2D eigenvalue weighted by molar-refractivity contribution is 4.89. The molecule has 1 saturated heterocycles. The Morgan fingerprint density at radius 1 is 1.35 bits per heavy atom. The lowest BCUT2D eigenvalue weighted by Crippen LogP contribution is -2.59. The topological polar surface area (TPSA) is 41.7 Å². The maximum Gasteiger partial charge on any atom is 0.0462 e. The molecule has 102 valence electrons. The van der Waals surface area contributed by atoms with E-state index in [0.717, 1.165) is 45.6 Å². The molecule has 2 N–H and O–H groups in total. The van der Waals surface area contributed by atoms with Crippen molar-refractivity contribution in [2.24, 2.45) is 5.73 Å². The van der Waals surface area contributed by atoms with Gasteiger partial charge < -0.3 is 10.5 Å². The van der Waals surface area contributed by atoms with E-state index in [0.29, 0.717) is 0 Å². The number of rotatable bonds is 6. The molecule has 1 rings (SSSR count). The van der Waals surface area contributed by atoms with Crippen LogP contribution in [-0.4, -0.2) is 68.3 Å². The summed E-state index contributed by atoms with van der Waals surface area (Å²) in [6, 6.07) is 0.282. The molecule has 0 aliphatic carbocycles. The lowest BCUT2D eigenvalue weighted by atomic mass is 9.99. The first kappa shape index (κ1) is 14.9. The maximum absolute atomic E-state index is 6.16. The Hall–Kier alpha value is -0.160. The van der Waals surface area contributed by atoms with Crippen LogP contribution in [0.4, 0.5) is 0 Å². The molecular weight excluding hydrogens is 214 g/mol. The average Bonchev–Trinajstić information content (AvgIpc) is 2.23. The Morgan fingerprint density at radius 3 is 2.65 bits per heavy atom. The number of hydrogen-bond donors (Lipinski definition) is 1. The predicted molar refractivity (Wildman–Crippen MR) is 72.2 cm³/mol. The Labute approximate surface area is 106 Å². The largest absolute Gasteiger partial charge is 0.385 e. The lowest BCUT2D eigenvalue weighted by Gasteiger charge is -2.46. The van der Waals surface area contributed by atoms with Crippen molar-refractivity contribution in [1.82, 2.24) is 9.80 Å². The quantitative estimate of drug-likeness (QED) is 0.700. The summed E-state index contributed by atoms with van der Waals surface area (Å²) in [5.41, 5.74) is 6.43. The van der Waals surface area contributed by atoms with Crippen LogP contribution in [0.5, 0.6) is 0 Å². The third-order valence-corrected chi connectivity index (χ3v) is 3.81. The average molecular weight is 243 g/mol. The summed E-state index contributed by atoms with van der Waals surface area (Å²) in [4.78, 5) is 4.93. The summed E-state index contributed by atoms with van der Waals surface area (Å²) in [6.07, 6.45) is 2.12. The number of piperazine rings is 1. The molecule has 1 aliphatic rings. The molecule has 17 heavy (non-hydrogen) atoms. The van der Waals surface area contributed by atoms with Gasteiger partial charge in [0.1, 0.15) is 0 Å². The van der Waals surface area contributed by atoms with Crippen LogP contribution in [0, 0.1) is 0 Å². The highest BCUT2D eigenvalue weighted by atomic mass is 16.5. The smallest absolute Gasteiger partial charge is 0.0462 e. The fourth-order valence-electron chi connectivity index (χ4n) is 2.41. The summed E-state index contributed by atoms with van der Waals surface area (Å²) in [5, 5.41) is 0. The molecule has 0 bridgehead atoms. The Kier molecular flexibility index (Phi) is 5.86. The van der Waals surface area contributed by atoms with Crippen molar-refractivity contribution in [2.75, 3.05) is 46.9 Å². The van der Waals surface area contributed by atoms with Gasteiger partial charge >= 0.3 is 0 Å².